The lowest BCUT2D eigenvalue weighted by molar-refractivity contribution is -0.160. The van der Waals surface area contributed by atoms with E-state index in [4.69, 9.17) is 0 Å². The predicted octanol–water partition coefficient (Wildman–Crippen LogP) is 4.15. The highest BCUT2D eigenvalue weighted by Crippen LogP contribution is 2.30. The van der Waals surface area contributed by atoms with Crippen LogP contribution in [-0.4, -0.2) is 59.0 Å². The molecule has 0 spiro atoms. The number of nitrogens with one attached hydrogen (secondary N) is 2. The van der Waals surface area contributed by atoms with E-state index in [1.54, 1.807) is 0 Å². The van der Waals surface area contributed by atoms with E-state index in [0.717, 1.165) is 12.7 Å². The summed E-state index contributed by atoms with van der Waals surface area (Å²) in [5, 5.41) is 17.8. The standard InChI is InChI=1S/2C12H9F3N4O3/c2*1-21-17-6-16-10(20)8-4-2-7(3-5-8)9-18-11(22-19-9)12(13,14)15/h2*2-6H,1H3,(H,16,17,20). The van der Waals surface area contributed by atoms with Gasteiger partial charge in [-0.1, -0.05) is 44.9 Å². The second-order valence-corrected chi connectivity index (χ2v) is 7.78. The van der Waals surface area contributed by atoms with Gasteiger partial charge in [-0.15, -0.1) is 0 Å². The number of carbonyl (C=O) groups excluding carboxylic acids is 2. The molecule has 2 aromatic carbocycles. The number of halogens is 6. The van der Waals surface area contributed by atoms with Gasteiger partial charge >= 0.3 is 24.1 Å². The average molecular weight is 628 g/mol. The summed E-state index contributed by atoms with van der Waals surface area (Å²) in [6.07, 6.45) is -7.28. The molecule has 232 valence electrons. The molecule has 0 aliphatic rings. The zero-order valence-electron chi connectivity index (χ0n) is 22.2. The molecule has 0 saturated heterocycles. The molecule has 0 unspecified atom stereocenters. The van der Waals surface area contributed by atoms with Gasteiger partial charge in [0, 0.05) is 22.3 Å². The van der Waals surface area contributed by atoms with E-state index in [1.807, 2.05) is 0 Å². The monoisotopic (exact) mass is 628 g/mol. The first-order valence-electron chi connectivity index (χ1n) is 11.6. The van der Waals surface area contributed by atoms with Gasteiger partial charge in [-0.25, -0.2) is 0 Å². The fourth-order valence-electron chi connectivity index (χ4n) is 2.90. The minimum absolute atomic E-state index is 0.222. The third kappa shape index (κ3) is 9.09. The summed E-state index contributed by atoms with van der Waals surface area (Å²) in [4.78, 5) is 38.5. The van der Waals surface area contributed by atoms with E-state index in [9.17, 15) is 35.9 Å². The molecule has 2 aromatic heterocycles. The number of hydrogen-bond donors (Lipinski definition) is 2. The van der Waals surface area contributed by atoms with Gasteiger partial charge in [0.25, 0.3) is 11.8 Å². The number of amides is 2. The fourth-order valence-corrected chi connectivity index (χ4v) is 2.90. The summed E-state index contributed by atoms with van der Waals surface area (Å²) in [6.45, 7) is 0. The van der Waals surface area contributed by atoms with Crippen molar-refractivity contribution in [2.45, 2.75) is 12.4 Å². The Balaban J connectivity index is 0.000000240. The third-order valence-corrected chi connectivity index (χ3v) is 4.86. The van der Waals surface area contributed by atoms with Gasteiger partial charge in [0.2, 0.25) is 11.6 Å². The molecule has 14 nitrogen and oxygen atoms in total. The Morgan fingerprint density at radius 2 is 1.02 bits per heavy atom. The lowest BCUT2D eigenvalue weighted by Crippen LogP contribution is -2.21. The highest BCUT2D eigenvalue weighted by atomic mass is 19.4. The maximum atomic E-state index is 12.4. The molecule has 0 radical (unpaired) electrons. The molecule has 0 saturated carbocycles. The van der Waals surface area contributed by atoms with Crippen LogP contribution in [0.2, 0.25) is 0 Å². The van der Waals surface area contributed by atoms with Crippen LogP contribution < -0.4 is 10.6 Å². The largest absolute Gasteiger partial charge is 0.471 e. The normalized spacial score (nSPS) is 11.6. The summed E-state index contributed by atoms with van der Waals surface area (Å²) in [5.74, 6) is -4.23. The van der Waals surface area contributed by atoms with Gasteiger partial charge in [-0.3, -0.25) is 9.59 Å². The summed E-state index contributed by atoms with van der Waals surface area (Å²) >= 11 is 0. The molecular formula is C24H18F6N8O6. The lowest BCUT2D eigenvalue weighted by Gasteiger charge is -2.00. The summed E-state index contributed by atoms with van der Waals surface area (Å²) in [6, 6.07) is 11.2. The Morgan fingerprint density at radius 1 is 0.682 bits per heavy atom. The van der Waals surface area contributed by atoms with E-state index in [2.05, 4.69) is 59.9 Å². The molecule has 44 heavy (non-hydrogen) atoms. The van der Waals surface area contributed by atoms with Crippen molar-refractivity contribution in [3.63, 3.8) is 0 Å². The van der Waals surface area contributed by atoms with Gasteiger partial charge in [-0.2, -0.15) is 36.3 Å². The second-order valence-electron chi connectivity index (χ2n) is 7.78. The molecular weight excluding hydrogens is 610 g/mol. The van der Waals surface area contributed by atoms with Crippen molar-refractivity contribution in [2.75, 3.05) is 14.2 Å². The quantitative estimate of drug-likeness (QED) is 0.125. The first kappa shape index (κ1) is 32.7. The smallest absolute Gasteiger partial charge is 0.398 e. The highest BCUT2D eigenvalue weighted by Gasteiger charge is 2.39. The van der Waals surface area contributed by atoms with E-state index >= 15 is 0 Å². The first-order valence-corrected chi connectivity index (χ1v) is 11.6. The number of carbonyl (C=O) groups is 2. The minimum Gasteiger partial charge on any atom is -0.398 e. The van der Waals surface area contributed by atoms with Gasteiger partial charge in [-0.05, 0) is 24.3 Å². The van der Waals surface area contributed by atoms with Crippen molar-refractivity contribution >= 4 is 24.5 Å². The molecule has 2 heterocycles. The van der Waals surface area contributed by atoms with Crippen LogP contribution in [0.25, 0.3) is 22.8 Å². The molecule has 0 fully saturated rings. The average Bonchev–Trinajstić information content (AvgIpc) is 3.69. The number of oxime groups is 2. The molecule has 2 amide bonds. The van der Waals surface area contributed by atoms with Crippen molar-refractivity contribution in [2.24, 2.45) is 10.3 Å². The van der Waals surface area contributed by atoms with Crippen LogP contribution in [0.4, 0.5) is 26.3 Å². The van der Waals surface area contributed by atoms with Gasteiger partial charge < -0.3 is 29.4 Å². The molecule has 4 aromatic rings. The van der Waals surface area contributed by atoms with Gasteiger partial charge in [0.1, 0.15) is 26.9 Å². The summed E-state index contributed by atoms with van der Waals surface area (Å²) in [5.41, 5.74) is 1.10. The van der Waals surface area contributed by atoms with Crippen LogP contribution in [0.1, 0.15) is 32.5 Å². The molecule has 0 aliphatic carbocycles. The van der Waals surface area contributed by atoms with Crippen LogP contribution in [0.5, 0.6) is 0 Å². The maximum absolute atomic E-state index is 12.4. The second kappa shape index (κ2) is 14.4. The number of aromatic nitrogens is 4. The van der Waals surface area contributed by atoms with Crippen LogP contribution >= 0.6 is 0 Å². The Hall–Kier alpha value is -5.82. The van der Waals surface area contributed by atoms with Crippen LogP contribution in [0.15, 0.2) is 67.9 Å². The summed E-state index contributed by atoms with van der Waals surface area (Å²) in [7, 11) is 2.63. The molecule has 0 bridgehead atoms. The highest BCUT2D eigenvalue weighted by molar-refractivity contribution is 6.01. The van der Waals surface area contributed by atoms with E-state index < -0.39 is 35.9 Å². The fraction of sp³-hybridized carbons (Fsp3) is 0.167. The molecule has 0 atom stereocenters. The van der Waals surface area contributed by atoms with Crippen LogP contribution in [0, 0.1) is 0 Å². The van der Waals surface area contributed by atoms with Crippen LogP contribution in [-0.2, 0) is 22.0 Å². The van der Waals surface area contributed by atoms with Crippen molar-refractivity contribution in [3.8, 4) is 22.8 Å². The van der Waals surface area contributed by atoms with E-state index in [-0.39, 0.29) is 33.9 Å². The lowest BCUT2D eigenvalue weighted by atomic mass is 10.1. The summed E-state index contributed by atoms with van der Waals surface area (Å²) < 4.78 is 82.4. The number of benzene rings is 2. The van der Waals surface area contributed by atoms with Crippen molar-refractivity contribution in [1.82, 2.24) is 30.9 Å². The van der Waals surface area contributed by atoms with Gasteiger partial charge in [0.15, 0.2) is 0 Å². The number of alkyl halides is 6. The molecule has 20 heteroatoms. The van der Waals surface area contributed by atoms with Crippen LogP contribution in [0.3, 0.4) is 0 Å². The minimum atomic E-state index is -4.70. The van der Waals surface area contributed by atoms with Gasteiger partial charge in [0.05, 0.1) is 0 Å². The van der Waals surface area contributed by atoms with Crippen molar-refractivity contribution in [1.29, 1.82) is 0 Å². The number of nitrogens with zero attached hydrogens (tertiary/aromatic N) is 6. The Bertz CT molecular complexity index is 1480. The number of rotatable bonds is 8. The molecule has 0 aliphatic heterocycles. The SMILES string of the molecule is CO/N=C/NC(=O)c1ccc(-c2noc(C(F)(F)F)n2)cc1.CO/N=C\NC(=O)c1ccc(-c2noc(C(F)(F)F)n2)cc1. The molecule has 4 rings (SSSR count). The molecule has 2 N–H and O–H groups in total. The number of hydrogen-bond acceptors (Lipinski definition) is 12. The van der Waals surface area contributed by atoms with Crippen molar-refractivity contribution < 1.29 is 54.7 Å². The van der Waals surface area contributed by atoms with E-state index in [0.29, 0.717) is 0 Å². The first-order chi connectivity index (χ1) is 20.8. The topological polar surface area (TPSA) is 179 Å². The van der Waals surface area contributed by atoms with E-state index in [1.165, 1.54) is 62.8 Å². The Kier molecular flexibility index (Phi) is 10.7. The zero-order valence-corrected chi connectivity index (χ0v) is 22.2. The Labute approximate surface area is 241 Å². The Morgan fingerprint density at radius 3 is 1.30 bits per heavy atom. The predicted molar refractivity (Wildman–Crippen MR) is 135 cm³/mol. The maximum Gasteiger partial charge on any atom is 0.471 e. The zero-order chi connectivity index (χ0) is 32.3. The van der Waals surface area contributed by atoms with Crippen molar-refractivity contribution in [3.05, 3.63) is 71.4 Å². The third-order valence-electron chi connectivity index (χ3n) is 4.86.